The van der Waals surface area contributed by atoms with E-state index in [-0.39, 0.29) is 63.0 Å². The van der Waals surface area contributed by atoms with Gasteiger partial charge in [0.2, 0.25) is 0 Å². The molecule has 0 spiro atoms. The first kappa shape index (κ1) is 19.5. The van der Waals surface area contributed by atoms with Crippen LogP contribution in [0.2, 0.25) is 0 Å². The van der Waals surface area contributed by atoms with Crippen molar-refractivity contribution in [2.45, 2.75) is 32.6 Å². The van der Waals surface area contributed by atoms with Gasteiger partial charge in [0.25, 0.3) is 5.88 Å². The van der Waals surface area contributed by atoms with E-state index >= 15 is 0 Å². The summed E-state index contributed by atoms with van der Waals surface area (Å²) in [6.45, 7) is 4.32. The van der Waals surface area contributed by atoms with E-state index < -0.39 is 5.82 Å². The number of benzene rings is 1. The van der Waals surface area contributed by atoms with Crippen LogP contribution in [0.4, 0.5) is 10.1 Å². The summed E-state index contributed by atoms with van der Waals surface area (Å²) in [6, 6.07) is 8.64. The normalized spacial score (nSPS) is 10.2. The van der Waals surface area contributed by atoms with Crippen LogP contribution in [-0.2, 0) is 0 Å². The molecular weight excluding hydrogens is 310 g/mol. The van der Waals surface area contributed by atoms with Crippen LogP contribution < -0.4 is 56.1 Å². The maximum absolute atomic E-state index is 13.7. The Morgan fingerprint density at radius 3 is 2.36 bits per heavy atom. The molecule has 0 radical (unpaired) electrons. The van der Waals surface area contributed by atoms with Crippen molar-refractivity contribution < 1.29 is 65.7 Å². The van der Waals surface area contributed by atoms with Crippen LogP contribution >= 0.6 is 0 Å². The van der Waals surface area contributed by atoms with Crippen LogP contribution in [-0.4, -0.2) is 10.2 Å². The summed E-state index contributed by atoms with van der Waals surface area (Å²) in [4.78, 5) is 3.78. The van der Waals surface area contributed by atoms with Crippen LogP contribution in [0, 0.1) is 5.82 Å². The molecule has 0 aliphatic heterocycles. The van der Waals surface area contributed by atoms with Gasteiger partial charge in [0.1, 0.15) is 5.75 Å². The zero-order valence-electron chi connectivity index (χ0n) is 13.1. The molecule has 0 unspecified atom stereocenters. The largest absolute Gasteiger partial charge is 1.00 e. The van der Waals surface area contributed by atoms with Gasteiger partial charge in [-0.2, -0.15) is 0 Å². The molecule has 6 heteroatoms. The molecule has 4 nitrogen and oxygen atoms in total. The molecule has 2 aromatic rings. The molecule has 0 saturated heterocycles. The fraction of sp³-hybridized carbons (Fsp3) is 0.312. The number of aromatic nitrogens is 1. The summed E-state index contributed by atoms with van der Waals surface area (Å²) in [5.74, 6) is 0.233. The summed E-state index contributed by atoms with van der Waals surface area (Å²) >= 11 is 0. The summed E-state index contributed by atoms with van der Waals surface area (Å²) in [6.07, 6.45) is 3.40. The van der Waals surface area contributed by atoms with Gasteiger partial charge in [-0.25, -0.2) is 9.37 Å². The Kier molecular flexibility index (Phi) is 8.52. The van der Waals surface area contributed by atoms with Crippen molar-refractivity contribution >= 4 is 5.69 Å². The number of rotatable bonds is 6. The first-order valence-corrected chi connectivity index (χ1v) is 6.96. The van der Waals surface area contributed by atoms with Crippen molar-refractivity contribution in [1.82, 2.24) is 4.98 Å². The number of hydrogen-bond acceptors (Lipinski definition) is 3. The number of pyridine rings is 1. The van der Waals surface area contributed by atoms with Crippen LogP contribution in [0.25, 0.3) is 5.48 Å². The quantitative estimate of drug-likeness (QED) is 0.654. The van der Waals surface area contributed by atoms with Gasteiger partial charge in [-0.05, 0) is 42.5 Å². The topological polar surface area (TPSA) is 56.5 Å². The first-order valence-electron chi connectivity index (χ1n) is 6.96. The molecule has 0 bridgehead atoms. The summed E-state index contributed by atoms with van der Waals surface area (Å²) in [5, 5.41) is 8.55. The maximum Gasteiger partial charge on any atom is 1.00 e. The predicted molar refractivity (Wildman–Crippen MR) is 78.8 cm³/mol. The van der Waals surface area contributed by atoms with Gasteiger partial charge >= 0.3 is 51.4 Å². The Labute approximate surface area is 172 Å². The summed E-state index contributed by atoms with van der Waals surface area (Å²) in [5.41, 5.74) is 4.16. The van der Waals surface area contributed by atoms with Crippen molar-refractivity contribution in [3.63, 3.8) is 0 Å². The zero-order chi connectivity index (χ0) is 15.2. The molecule has 0 amide bonds. The Morgan fingerprint density at radius 2 is 1.86 bits per heavy atom. The minimum atomic E-state index is -0.672. The van der Waals surface area contributed by atoms with Gasteiger partial charge in [-0.3, -0.25) is 0 Å². The van der Waals surface area contributed by atoms with Gasteiger partial charge in [-0.15, -0.1) is 0 Å². The fourth-order valence-electron chi connectivity index (χ4n) is 2.22. The Morgan fingerprint density at radius 1 is 1.23 bits per heavy atom. The molecule has 0 saturated carbocycles. The van der Waals surface area contributed by atoms with Gasteiger partial charge in [0, 0.05) is 6.20 Å². The molecule has 1 aromatic carbocycles. The number of nitrogens with zero attached hydrogens (tertiary/aromatic N) is 2. The van der Waals surface area contributed by atoms with Gasteiger partial charge in [0.15, 0.2) is 5.82 Å². The average molecular weight is 328 g/mol. The van der Waals surface area contributed by atoms with Gasteiger partial charge < -0.3 is 15.4 Å². The summed E-state index contributed by atoms with van der Waals surface area (Å²) in [7, 11) is 0. The van der Waals surface area contributed by atoms with Gasteiger partial charge in [-0.1, -0.05) is 31.7 Å². The number of halogens is 1. The minimum Gasteiger partial charge on any atom is -0.564 e. The second-order valence-corrected chi connectivity index (χ2v) is 4.77. The third-order valence-electron chi connectivity index (χ3n) is 3.46. The molecule has 1 N–H and O–H groups in total. The van der Waals surface area contributed by atoms with E-state index in [2.05, 4.69) is 24.3 Å². The first-order chi connectivity index (χ1) is 10.2. The van der Waals surface area contributed by atoms with Crippen LogP contribution in [0.1, 0.15) is 38.2 Å². The molecule has 22 heavy (non-hydrogen) atoms. The third kappa shape index (κ3) is 5.01. The summed E-state index contributed by atoms with van der Waals surface area (Å²) < 4.78 is 19.1. The molecule has 1 aromatic heterocycles. The van der Waals surface area contributed by atoms with Crippen LogP contribution in [0.5, 0.6) is 11.6 Å². The van der Waals surface area contributed by atoms with Gasteiger partial charge in [0.05, 0.1) is 0 Å². The third-order valence-corrected chi connectivity index (χ3v) is 3.46. The maximum atomic E-state index is 13.7. The molecule has 0 fully saturated rings. The van der Waals surface area contributed by atoms with Crippen molar-refractivity contribution in [1.29, 1.82) is 0 Å². The molecule has 0 aliphatic carbocycles. The molecular formula is C16H18FKN2O2. The van der Waals surface area contributed by atoms with Crippen LogP contribution in [0.3, 0.4) is 0 Å². The van der Waals surface area contributed by atoms with E-state index in [1.165, 1.54) is 11.8 Å². The average Bonchev–Trinajstić information content (AvgIpc) is 2.52. The van der Waals surface area contributed by atoms with E-state index in [0.29, 0.717) is 11.7 Å². The van der Waals surface area contributed by atoms with E-state index in [1.807, 2.05) is 12.1 Å². The number of ether oxygens (including phenoxy) is 1. The molecule has 0 aliphatic rings. The second kappa shape index (κ2) is 9.59. The predicted octanol–water partition coefficient (Wildman–Crippen LogP) is 2.32. The molecule has 0 atom stereocenters. The Hall–Kier alpha value is -0.504. The second-order valence-electron chi connectivity index (χ2n) is 4.77. The van der Waals surface area contributed by atoms with Crippen molar-refractivity contribution in [2.75, 3.05) is 0 Å². The molecule has 1 heterocycles. The fourth-order valence-corrected chi connectivity index (χ4v) is 2.22. The minimum absolute atomic E-state index is 0. The van der Waals surface area contributed by atoms with Crippen LogP contribution in [0.15, 0.2) is 36.5 Å². The Bertz CT molecular complexity index is 589. The van der Waals surface area contributed by atoms with Crippen molar-refractivity contribution in [3.05, 3.63) is 53.4 Å². The van der Waals surface area contributed by atoms with E-state index in [4.69, 9.17) is 9.94 Å². The van der Waals surface area contributed by atoms with E-state index in [1.54, 1.807) is 12.1 Å². The van der Waals surface area contributed by atoms with Crippen molar-refractivity contribution in [3.8, 4) is 11.6 Å². The molecule has 2 rings (SSSR count). The standard InChI is InChI=1S/C16H18FN2O2.K/c1-3-11(4-2)12-5-7-14(8-6-12)21-16-15(17)9-13(19-20)10-18-16;/h5-11,20H,3-4H2,1-2H3;/q-1;+1. The number of hydrogen-bond donors (Lipinski definition) is 1. The zero-order valence-corrected chi connectivity index (χ0v) is 16.2. The van der Waals surface area contributed by atoms with E-state index in [0.717, 1.165) is 18.9 Å². The van der Waals surface area contributed by atoms with Crippen molar-refractivity contribution in [2.24, 2.45) is 0 Å². The smallest absolute Gasteiger partial charge is 0.564 e. The Balaban J connectivity index is 0.00000242. The molecule has 112 valence electrons. The SMILES string of the molecule is CCC(CC)c1ccc(Oc2ncc([N-]O)cc2F)cc1.[K+]. The van der Waals surface area contributed by atoms with E-state index in [9.17, 15) is 4.39 Å². The monoisotopic (exact) mass is 328 g/mol.